The summed E-state index contributed by atoms with van der Waals surface area (Å²) in [5.41, 5.74) is 1.33. The van der Waals surface area contributed by atoms with Crippen LogP contribution in [-0.4, -0.2) is 19.3 Å². The predicted octanol–water partition coefficient (Wildman–Crippen LogP) is 2.70. The molecule has 1 spiro atoms. The van der Waals surface area contributed by atoms with Crippen molar-refractivity contribution in [1.29, 1.82) is 0 Å². The van der Waals surface area contributed by atoms with Gasteiger partial charge in [0.15, 0.2) is 11.5 Å². The molecule has 0 aliphatic carbocycles. The fourth-order valence-electron chi connectivity index (χ4n) is 3.44. The van der Waals surface area contributed by atoms with Crippen molar-refractivity contribution in [3.05, 3.63) is 46.5 Å². The lowest BCUT2D eigenvalue weighted by Gasteiger charge is -2.21. The summed E-state index contributed by atoms with van der Waals surface area (Å²) in [4.78, 5) is 12.7. The number of anilines is 1. The van der Waals surface area contributed by atoms with Crippen LogP contribution in [0.4, 0.5) is 5.69 Å². The summed E-state index contributed by atoms with van der Waals surface area (Å²) in [5, 5.41) is 3.45. The fourth-order valence-corrected chi connectivity index (χ4v) is 3.78. The van der Waals surface area contributed by atoms with Gasteiger partial charge < -0.3 is 19.5 Å². The summed E-state index contributed by atoms with van der Waals surface area (Å²) >= 11 is 6.38. The van der Waals surface area contributed by atoms with Gasteiger partial charge in [-0.15, -0.1) is 0 Å². The van der Waals surface area contributed by atoms with E-state index >= 15 is 0 Å². The van der Waals surface area contributed by atoms with Crippen LogP contribution < -0.4 is 19.5 Å². The summed E-state index contributed by atoms with van der Waals surface area (Å²) in [6, 6.07) is 9.04. The second-order valence-corrected chi connectivity index (χ2v) is 5.92. The van der Waals surface area contributed by atoms with Crippen molar-refractivity contribution >= 4 is 23.2 Å². The first kappa shape index (κ1) is 12.2. The minimum atomic E-state index is -0.927. The molecule has 0 saturated carbocycles. The Morgan fingerprint density at radius 1 is 1.09 bits per heavy atom. The van der Waals surface area contributed by atoms with E-state index in [1.807, 2.05) is 18.2 Å². The summed E-state index contributed by atoms with van der Waals surface area (Å²) in [7, 11) is 0. The highest BCUT2D eigenvalue weighted by Gasteiger charge is 2.55. The third-order valence-corrected chi connectivity index (χ3v) is 4.77. The first-order valence-corrected chi connectivity index (χ1v) is 7.25. The van der Waals surface area contributed by atoms with Gasteiger partial charge in [0.25, 0.3) is 0 Å². The zero-order valence-corrected chi connectivity index (χ0v) is 12.1. The molecule has 5 rings (SSSR count). The summed E-state index contributed by atoms with van der Waals surface area (Å²) in [6.07, 6.45) is 0. The van der Waals surface area contributed by atoms with Crippen molar-refractivity contribution in [2.24, 2.45) is 0 Å². The highest BCUT2D eigenvalue weighted by atomic mass is 35.5. The van der Waals surface area contributed by atoms with E-state index in [4.69, 9.17) is 25.8 Å². The number of halogens is 1. The number of rotatable bonds is 0. The Morgan fingerprint density at radius 3 is 2.77 bits per heavy atom. The van der Waals surface area contributed by atoms with Crippen LogP contribution >= 0.6 is 11.6 Å². The van der Waals surface area contributed by atoms with Gasteiger partial charge in [0, 0.05) is 27.9 Å². The van der Waals surface area contributed by atoms with E-state index in [-0.39, 0.29) is 19.3 Å². The van der Waals surface area contributed by atoms with E-state index in [9.17, 15) is 4.79 Å². The average molecular weight is 316 g/mol. The number of fused-ring (bicyclic) bond motifs is 5. The van der Waals surface area contributed by atoms with Crippen molar-refractivity contribution < 1.29 is 19.0 Å². The number of amides is 1. The quantitative estimate of drug-likeness (QED) is 0.812. The number of ether oxygens (including phenoxy) is 3. The molecule has 22 heavy (non-hydrogen) atoms. The fraction of sp³-hybridized carbons (Fsp3) is 0.188. The van der Waals surface area contributed by atoms with Gasteiger partial charge >= 0.3 is 0 Å². The molecule has 1 atom stereocenters. The molecule has 6 heteroatoms. The lowest BCUT2D eigenvalue weighted by molar-refractivity contribution is -0.119. The molecular formula is C16H10ClNO4. The predicted molar refractivity (Wildman–Crippen MR) is 78.9 cm³/mol. The van der Waals surface area contributed by atoms with Crippen LogP contribution in [0.3, 0.4) is 0 Å². The Bertz CT molecular complexity index is 850. The van der Waals surface area contributed by atoms with Gasteiger partial charge in [0.2, 0.25) is 12.7 Å². The number of hydrogen-bond donors (Lipinski definition) is 1. The van der Waals surface area contributed by atoms with E-state index in [1.54, 1.807) is 12.1 Å². The number of nitrogens with one attached hydrogen (secondary N) is 1. The number of benzene rings is 2. The Labute approximate surface area is 130 Å². The lowest BCUT2D eigenvalue weighted by atomic mass is 9.77. The normalized spacial score (nSPS) is 23.2. The van der Waals surface area contributed by atoms with Crippen LogP contribution in [0.2, 0.25) is 5.02 Å². The molecule has 1 unspecified atom stereocenters. The molecule has 3 aliphatic rings. The van der Waals surface area contributed by atoms with Crippen LogP contribution in [0.1, 0.15) is 11.1 Å². The van der Waals surface area contributed by atoms with Gasteiger partial charge in [-0.1, -0.05) is 17.7 Å². The Kier molecular flexibility index (Phi) is 2.14. The molecule has 0 aromatic heterocycles. The van der Waals surface area contributed by atoms with Gasteiger partial charge in [-0.2, -0.15) is 0 Å². The summed E-state index contributed by atoms with van der Waals surface area (Å²) in [6.45, 7) is 0.391. The van der Waals surface area contributed by atoms with Gasteiger partial charge in [-0.25, -0.2) is 0 Å². The molecule has 110 valence electrons. The first-order valence-electron chi connectivity index (χ1n) is 6.87. The third kappa shape index (κ3) is 1.28. The van der Waals surface area contributed by atoms with Crippen molar-refractivity contribution in [1.82, 2.24) is 0 Å². The topological polar surface area (TPSA) is 56.8 Å². The molecule has 0 bridgehead atoms. The minimum absolute atomic E-state index is 0.131. The lowest BCUT2D eigenvalue weighted by Crippen LogP contribution is -2.37. The van der Waals surface area contributed by atoms with Gasteiger partial charge in [0.05, 0.1) is 0 Å². The molecule has 1 N–H and O–H groups in total. The number of carbonyl (C=O) groups excluding carboxylic acids is 1. The molecular weight excluding hydrogens is 306 g/mol. The van der Waals surface area contributed by atoms with Crippen molar-refractivity contribution in [3.8, 4) is 17.2 Å². The standard InChI is InChI=1S/C16H10ClNO4/c17-9-2-1-3-10-14(9)16(15(19)18-10)6-20-11-5-13-12(4-8(11)16)21-7-22-13/h1-5H,6-7H2,(H,18,19). The highest BCUT2D eigenvalue weighted by Crippen LogP contribution is 2.54. The van der Waals surface area contributed by atoms with Crippen LogP contribution in [0.25, 0.3) is 0 Å². The Balaban J connectivity index is 1.81. The second kappa shape index (κ2) is 3.87. The van der Waals surface area contributed by atoms with E-state index in [0.29, 0.717) is 22.3 Å². The molecule has 3 aliphatic heterocycles. The smallest absolute Gasteiger partial charge is 0.243 e. The maximum Gasteiger partial charge on any atom is 0.243 e. The molecule has 5 nitrogen and oxygen atoms in total. The van der Waals surface area contributed by atoms with E-state index in [1.165, 1.54) is 0 Å². The van der Waals surface area contributed by atoms with Crippen molar-refractivity contribution in [3.63, 3.8) is 0 Å². The number of hydrogen-bond acceptors (Lipinski definition) is 4. The van der Waals surface area contributed by atoms with E-state index in [0.717, 1.165) is 16.8 Å². The largest absolute Gasteiger partial charge is 0.491 e. The number of carbonyl (C=O) groups is 1. The van der Waals surface area contributed by atoms with Gasteiger partial charge in [-0.3, -0.25) is 4.79 Å². The van der Waals surface area contributed by atoms with Gasteiger partial charge in [0.1, 0.15) is 17.8 Å². The van der Waals surface area contributed by atoms with Crippen molar-refractivity contribution in [2.45, 2.75) is 5.41 Å². The molecule has 0 fully saturated rings. The maximum absolute atomic E-state index is 12.7. The molecule has 2 aromatic carbocycles. The van der Waals surface area contributed by atoms with Gasteiger partial charge in [-0.05, 0) is 18.2 Å². The molecule has 2 aromatic rings. The SMILES string of the molecule is O=C1Nc2cccc(Cl)c2C12COc1cc3c(cc12)OCO3. The Morgan fingerprint density at radius 2 is 1.91 bits per heavy atom. The minimum Gasteiger partial charge on any atom is -0.491 e. The van der Waals surface area contributed by atoms with E-state index in [2.05, 4.69) is 5.32 Å². The van der Waals surface area contributed by atoms with E-state index < -0.39 is 5.41 Å². The molecule has 3 heterocycles. The zero-order chi connectivity index (χ0) is 14.9. The molecule has 1 amide bonds. The second-order valence-electron chi connectivity index (χ2n) is 5.51. The first-order chi connectivity index (χ1) is 10.7. The highest BCUT2D eigenvalue weighted by molar-refractivity contribution is 6.33. The summed E-state index contributed by atoms with van der Waals surface area (Å²) in [5.74, 6) is 1.76. The summed E-state index contributed by atoms with van der Waals surface area (Å²) < 4.78 is 16.6. The monoisotopic (exact) mass is 315 g/mol. The van der Waals surface area contributed by atoms with Crippen LogP contribution in [0, 0.1) is 0 Å². The molecule has 0 saturated heterocycles. The third-order valence-electron chi connectivity index (χ3n) is 4.45. The average Bonchev–Trinajstić information content (AvgIpc) is 3.16. The maximum atomic E-state index is 12.7. The van der Waals surface area contributed by atoms with Crippen LogP contribution in [0.15, 0.2) is 30.3 Å². The van der Waals surface area contributed by atoms with Crippen LogP contribution in [0.5, 0.6) is 17.2 Å². The Hall–Kier alpha value is -2.40. The zero-order valence-electron chi connectivity index (χ0n) is 11.3. The van der Waals surface area contributed by atoms with Crippen LogP contribution in [-0.2, 0) is 10.2 Å². The molecule has 0 radical (unpaired) electrons. The van der Waals surface area contributed by atoms with Crippen molar-refractivity contribution in [2.75, 3.05) is 18.7 Å².